The monoisotopic (exact) mass is 494 g/mol. The number of carbonyl (C=O) groups excluding carboxylic acids is 3. The quantitative estimate of drug-likeness (QED) is 0.114. The summed E-state index contributed by atoms with van der Waals surface area (Å²) in [6.45, 7) is -0.399. The Bertz CT molecular complexity index is 1200. The topological polar surface area (TPSA) is 200 Å². The second kappa shape index (κ2) is 7.58. The Balaban J connectivity index is 1.48. The van der Waals surface area contributed by atoms with Gasteiger partial charge in [0.05, 0.1) is 18.7 Å². The zero-order valence-electron chi connectivity index (χ0n) is 18.2. The molecule has 13 nitrogen and oxygen atoms in total. The molecule has 0 aromatic heterocycles. The van der Waals surface area contributed by atoms with E-state index >= 15 is 0 Å². The molecule has 1 aromatic rings. The molecule has 186 valence electrons. The fraction of sp³-hybridized carbons (Fsp3) is 0.450. The SMILES string of the molecule is NC1=[NH+][C@H]2[C@H](CN3C(=O)CCC3=O)NC(N)=[N+]3CC(NC(=O)c4cc(F)ccc4F)C(O)(O)[C@]23N1. The maximum Gasteiger partial charge on any atom is 0.347 e. The van der Waals surface area contributed by atoms with Gasteiger partial charge in [0.2, 0.25) is 11.8 Å². The van der Waals surface area contributed by atoms with Gasteiger partial charge in [-0.25, -0.2) is 18.7 Å². The van der Waals surface area contributed by atoms with Crippen molar-refractivity contribution >= 4 is 29.6 Å². The van der Waals surface area contributed by atoms with Gasteiger partial charge in [-0.1, -0.05) is 0 Å². The first-order valence-corrected chi connectivity index (χ1v) is 10.8. The molecule has 4 atom stereocenters. The molecule has 4 heterocycles. The van der Waals surface area contributed by atoms with E-state index in [1.54, 1.807) is 0 Å². The molecular weight excluding hydrogens is 470 g/mol. The predicted octanol–water partition coefficient (Wildman–Crippen LogP) is -5.73. The fourth-order valence-corrected chi connectivity index (χ4v) is 5.32. The molecule has 15 heteroatoms. The highest BCUT2D eigenvalue weighted by atomic mass is 19.1. The van der Waals surface area contributed by atoms with Crippen molar-refractivity contribution in [2.45, 2.75) is 42.4 Å². The van der Waals surface area contributed by atoms with Crippen LogP contribution < -0.4 is 32.4 Å². The van der Waals surface area contributed by atoms with Crippen LogP contribution in [0.1, 0.15) is 23.2 Å². The van der Waals surface area contributed by atoms with Crippen LogP contribution in [0.4, 0.5) is 8.78 Å². The van der Waals surface area contributed by atoms with E-state index < -0.39 is 52.7 Å². The van der Waals surface area contributed by atoms with Crippen LogP contribution in [0, 0.1) is 11.6 Å². The first-order valence-electron chi connectivity index (χ1n) is 10.8. The van der Waals surface area contributed by atoms with Crippen molar-refractivity contribution in [3.05, 3.63) is 35.4 Å². The van der Waals surface area contributed by atoms with Crippen LogP contribution in [-0.2, 0) is 9.59 Å². The number of nitrogens with two attached hydrogens (primary N) is 2. The minimum atomic E-state index is -2.77. The molecule has 5 rings (SSSR count). The summed E-state index contributed by atoms with van der Waals surface area (Å²) in [6, 6.07) is -0.902. The minimum absolute atomic E-state index is 0.0452. The lowest BCUT2D eigenvalue weighted by Gasteiger charge is -2.41. The molecule has 0 aliphatic carbocycles. The number of hydrogen-bond acceptors (Lipinski definition) is 9. The minimum Gasteiger partial charge on any atom is -0.358 e. The Morgan fingerprint density at radius 1 is 1.26 bits per heavy atom. The van der Waals surface area contributed by atoms with Crippen molar-refractivity contribution in [1.29, 1.82) is 0 Å². The molecule has 0 saturated carbocycles. The summed E-state index contributed by atoms with van der Waals surface area (Å²) in [5.41, 5.74) is 9.68. The van der Waals surface area contributed by atoms with Gasteiger partial charge in [-0.3, -0.25) is 41.1 Å². The average molecular weight is 494 g/mol. The maximum absolute atomic E-state index is 14.1. The largest absolute Gasteiger partial charge is 0.358 e. The van der Waals surface area contributed by atoms with E-state index in [4.69, 9.17) is 11.5 Å². The van der Waals surface area contributed by atoms with Crippen molar-refractivity contribution in [2.24, 2.45) is 11.5 Å². The number of guanidine groups is 2. The zero-order valence-corrected chi connectivity index (χ0v) is 18.2. The first kappa shape index (κ1) is 22.9. The number of hydrogen-bond donors (Lipinski definition) is 8. The van der Waals surface area contributed by atoms with Crippen LogP contribution in [0.2, 0.25) is 0 Å². The summed E-state index contributed by atoms with van der Waals surface area (Å²) in [5.74, 6) is -6.53. The van der Waals surface area contributed by atoms with E-state index in [9.17, 15) is 33.4 Å². The molecule has 1 aromatic carbocycles. The number of carbonyl (C=O) groups is 3. The third-order valence-corrected chi connectivity index (χ3v) is 6.96. The average Bonchev–Trinajstić information content (AvgIpc) is 3.38. The predicted molar refractivity (Wildman–Crippen MR) is 112 cm³/mol. The second-order valence-electron chi connectivity index (χ2n) is 8.95. The van der Waals surface area contributed by atoms with Crippen molar-refractivity contribution < 1.29 is 42.9 Å². The summed E-state index contributed by atoms with van der Waals surface area (Å²) >= 11 is 0. The van der Waals surface area contributed by atoms with Crippen LogP contribution in [-0.4, -0.2) is 92.0 Å². The van der Waals surface area contributed by atoms with E-state index in [2.05, 4.69) is 20.9 Å². The normalized spacial score (nSPS) is 31.0. The molecule has 35 heavy (non-hydrogen) atoms. The number of aliphatic hydroxyl groups is 2. The Labute approximate surface area is 196 Å². The van der Waals surface area contributed by atoms with Gasteiger partial charge in [0, 0.05) is 12.8 Å². The summed E-state index contributed by atoms with van der Waals surface area (Å²) in [4.78, 5) is 41.0. The smallest absolute Gasteiger partial charge is 0.347 e. The van der Waals surface area contributed by atoms with Gasteiger partial charge in [-0.05, 0) is 18.2 Å². The highest BCUT2D eigenvalue weighted by molar-refractivity contribution is 6.02. The van der Waals surface area contributed by atoms with Crippen molar-refractivity contribution in [3.63, 3.8) is 0 Å². The van der Waals surface area contributed by atoms with Gasteiger partial charge >= 0.3 is 11.9 Å². The third kappa shape index (κ3) is 3.22. The maximum atomic E-state index is 14.1. The Kier molecular flexibility index (Phi) is 4.96. The molecule has 1 unspecified atom stereocenters. The van der Waals surface area contributed by atoms with E-state index in [1.807, 2.05) is 0 Å². The lowest BCUT2D eigenvalue weighted by Crippen LogP contribution is -2.92. The molecule has 0 bridgehead atoms. The van der Waals surface area contributed by atoms with Gasteiger partial charge in [0.25, 0.3) is 17.4 Å². The van der Waals surface area contributed by atoms with Crippen molar-refractivity contribution in [1.82, 2.24) is 20.9 Å². The Morgan fingerprint density at radius 2 is 1.94 bits per heavy atom. The van der Waals surface area contributed by atoms with Crippen LogP contribution in [0.5, 0.6) is 0 Å². The molecule has 3 amide bonds. The van der Waals surface area contributed by atoms with Gasteiger partial charge in [0.1, 0.15) is 23.7 Å². The number of rotatable bonds is 4. The first-order chi connectivity index (χ1) is 16.5. The summed E-state index contributed by atoms with van der Waals surface area (Å²) in [7, 11) is 0. The Hall–Kier alpha value is -3.85. The second-order valence-corrected chi connectivity index (χ2v) is 8.95. The standard InChI is InChI=1S/C20H22F2N8O5/c21-8-1-2-10(22)9(5-8)16(33)26-12-7-30-18(24)25-11(6-29-13(31)3-4-14(29)32)15-19(30,20(12,34)35)28-17(23)27-15/h1-2,5,11-12,15,34-35H,3-4,6-7H2,(H6,23,24,25,26,27,28,33)/p+2/t11-,12?,15-,19-/m0/s1. The molecular formula is C20H24F2N8O5+2. The number of amides is 3. The molecule has 4 aliphatic rings. The molecule has 10 N–H and O–H groups in total. The summed E-state index contributed by atoms with van der Waals surface area (Å²) < 4.78 is 29.0. The van der Waals surface area contributed by atoms with Gasteiger partial charge in [-0.15, -0.1) is 0 Å². The van der Waals surface area contributed by atoms with Crippen molar-refractivity contribution in [3.8, 4) is 0 Å². The van der Waals surface area contributed by atoms with Crippen LogP contribution in [0.15, 0.2) is 18.2 Å². The van der Waals surface area contributed by atoms with Crippen LogP contribution in [0.3, 0.4) is 0 Å². The van der Waals surface area contributed by atoms with Gasteiger partial charge < -0.3 is 15.5 Å². The molecule has 1 spiro atoms. The number of nitrogens with zero attached hydrogens (tertiary/aromatic N) is 2. The fourth-order valence-electron chi connectivity index (χ4n) is 5.32. The summed E-state index contributed by atoms with van der Waals surface area (Å²) in [5, 5.41) is 30.8. The molecule has 4 aliphatic heterocycles. The number of halogens is 2. The number of imide groups is 1. The lowest BCUT2D eigenvalue weighted by atomic mass is 9.85. The van der Waals surface area contributed by atoms with Gasteiger partial charge in [0.15, 0.2) is 6.04 Å². The number of likely N-dealkylation sites (tertiary alicyclic amines) is 1. The highest BCUT2D eigenvalue weighted by Gasteiger charge is 2.78. The van der Waals surface area contributed by atoms with E-state index in [1.165, 1.54) is 4.58 Å². The number of benzene rings is 1. The van der Waals surface area contributed by atoms with Crippen LogP contribution in [0.25, 0.3) is 0 Å². The lowest BCUT2D eigenvalue weighted by molar-refractivity contribution is -0.674. The van der Waals surface area contributed by atoms with Crippen LogP contribution >= 0.6 is 0 Å². The molecule has 2 saturated heterocycles. The molecule has 2 fully saturated rings. The summed E-state index contributed by atoms with van der Waals surface area (Å²) in [6.07, 6.45) is 0.141. The third-order valence-electron chi connectivity index (χ3n) is 6.96. The zero-order chi connectivity index (χ0) is 25.3. The van der Waals surface area contributed by atoms with Crippen molar-refractivity contribution in [2.75, 3.05) is 13.1 Å². The molecule has 0 radical (unpaired) electrons. The highest BCUT2D eigenvalue weighted by Crippen LogP contribution is 2.38. The van der Waals surface area contributed by atoms with Gasteiger partial charge in [-0.2, -0.15) is 0 Å². The van der Waals surface area contributed by atoms with E-state index in [0.717, 1.165) is 17.0 Å². The van der Waals surface area contributed by atoms with E-state index in [-0.39, 0.29) is 49.7 Å². The Morgan fingerprint density at radius 3 is 2.63 bits per heavy atom. The number of nitrogens with one attached hydrogen (secondary N) is 4. The van der Waals surface area contributed by atoms with E-state index in [0.29, 0.717) is 6.07 Å².